The molecule has 0 aliphatic rings. The van der Waals surface area contributed by atoms with Gasteiger partial charge in [0.25, 0.3) is 5.91 Å². The number of amides is 1. The molecule has 2 rings (SSSR count). The van der Waals surface area contributed by atoms with Crippen molar-refractivity contribution in [1.29, 1.82) is 0 Å². The van der Waals surface area contributed by atoms with Crippen molar-refractivity contribution < 1.29 is 14.6 Å². The molecule has 6 heteroatoms. The molecule has 0 aliphatic heterocycles. The summed E-state index contributed by atoms with van der Waals surface area (Å²) < 4.78 is 5.23. The van der Waals surface area contributed by atoms with Crippen molar-refractivity contribution >= 4 is 22.9 Å². The highest BCUT2D eigenvalue weighted by Gasteiger charge is 2.14. The van der Waals surface area contributed by atoms with Crippen LogP contribution in [0.15, 0.2) is 23.7 Å². The highest BCUT2D eigenvalue weighted by molar-refractivity contribution is 7.12. The number of carbonyl (C=O) groups excluding carboxylic acids is 1. The van der Waals surface area contributed by atoms with Gasteiger partial charge in [-0.1, -0.05) is 11.8 Å². The van der Waals surface area contributed by atoms with E-state index in [1.807, 2.05) is 0 Å². The molecule has 0 aliphatic carbocycles. The summed E-state index contributed by atoms with van der Waals surface area (Å²) >= 11 is 1.28. The van der Waals surface area contributed by atoms with Crippen LogP contribution in [-0.2, 0) is 0 Å². The van der Waals surface area contributed by atoms with Gasteiger partial charge in [-0.15, -0.1) is 11.3 Å². The summed E-state index contributed by atoms with van der Waals surface area (Å²) in [4.78, 5) is 16.8. The summed E-state index contributed by atoms with van der Waals surface area (Å²) in [5.74, 6) is 5.66. The molecule has 2 aromatic rings. The van der Waals surface area contributed by atoms with Crippen LogP contribution in [0.1, 0.15) is 20.9 Å². The van der Waals surface area contributed by atoms with Gasteiger partial charge in [0.1, 0.15) is 17.2 Å². The largest absolute Gasteiger partial charge is 0.495 e. The van der Waals surface area contributed by atoms with Crippen LogP contribution in [0.25, 0.3) is 0 Å². The number of hydrogen-bond donors (Lipinski definition) is 2. The number of aliphatic hydroxyl groups excluding tert-OH is 1. The highest BCUT2D eigenvalue weighted by atomic mass is 32.1. The lowest BCUT2D eigenvalue weighted by Gasteiger charge is -2.10. The molecular weight excluding hydrogens is 288 g/mol. The van der Waals surface area contributed by atoms with Crippen molar-refractivity contribution in [2.45, 2.75) is 6.92 Å². The van der Waals surface area contributed by atoms with E-state index in [1.54, 1.807) is 30.6 Å². The molecule has 0 atom stereocenters. The third kappa shape index (κ3) is 3.60. The van der Waals surface area contributed by atoms with E-state index in [9.17, 15) is 4.79 Å². The first kappa shape index (κ1) is 15.0. The number of aliphatic hydroxyl groups is 1. The Bertz CT molecular complexity index is 713. The number of hydrogen-bond acceptors (Lipinski definition) is 5. The third-order valence-corrected chi connectivity index (χ3v) is 3.64. The van der Waals surface area contributed by atoms with Crippen molar-refractivity contribution in [3.05, 3.63) is 39.8 Å². The molecule has 0 spiro atoms. The van der Waals surface area contributed by atoms with E-state index >= 15 is 0 Å². The Morgan fingerprint density at radius 3 is 2.95 bits per heavy atom. The molecule has 108 valence electrons. The second-order valence-corrected chi connectivity index (χ2v) is 4.95. The lowest BCUT2D eigenvalue weighted by Crippen LogP contribution is -2.12. The summed E-state index contributed by atoms with van der Waals surface area (Å²) in [5, 5.41) is 11.5. The Morgan fingerprint density at radius 2 is 2.33 bits per heavy atom. The van der Waals surface area contributed by atoms with Crippen molar-refractivity contribution in [2.75, 3.05) is 19.0 Å². The van der Waals surface area contributed by atoms with Gasteiger partial charge in [0.05, 0.1) is 24.0 Å². The van der Waals surface area contributed by atoms with E-state index in [0.29, 0.717) is 27.6 Å². The fraction of sp³-hybridized carbons (Fsp3) is 0.200. The molecule has 2 N–H and O–H groups in total. The highest BCUT2D eigenvalue weighted by Crippen LogP contribution is 2.26. The Labute approximate surface area is 126 Å². The minimum atomic E-state index is -0.236. The van der Waals surface area contributed by atoms with E-state index in [4.69, 9.17) is 9.84 Å². The molecule has 1 aromatic carbocycles. The maximum atomic E-state index is 12.2. The molecule has 1 aromatic heterocycles. The molecule has 0 unspecified atom stereocenters. The topological polar surface area (TPSA) is 71.5 Å². The van der Waals surface area contributed by atoms with Crippen LogP contribution in [0.2, 0.25) is 0 Å². The van der Waals surface area contributed by atoms with E-state index in [2.05, 4.69) is 22.1 Å². The van der Waals surface area contributed by atoms with Crippen LogP contribution >= 0.6 is 11.3 Å². The summed E-state index contributed by atoms with van der Waals surface area (Å²) in [7, 11) is 1.53. The standard InChI is InChI=1S/C15H14N2O3S/c1-10-14(21-9-16-10)15(19)17-12-8-11(4-3-7-18)5-6-13(12)20-2/h5-6,8-9,18H,7H2,1-2H3,(H,17,19). The Morgan fingerprint density at radius 1 is 1.52 bits per heavy atom. The second kappa shape index (κ2) is 6.88. The monoisotopic (exact) mass is 302 g/mol. The van der Waals surface area contributed by atoms with E-state index in [0.717, 1.165) is 0 Å². The smallest absolute Gasteiger partial charge is 0.267 e. The number of thiazole rings is 1. The zero-order valence-corrected chi connectivity index (χ0v) is 12.5. The minimum Gasteiger partial charge on any atom is -0.495 e. The van der Waals surface area contributed by atoms with E-state index < -0.39 is 0 Å². The predicted molar refractivity (Wildman–Crippen MR) is 81.8 cm³/mol. The molecule has 21 heavy (non-hydrogen) atoms. The third-order valence-electron chi connectivity index (χ3n) is 2.71. The molecule has 0 saturated heterocycles. The lowest BCUT2D eigenvalue weighted by atomic mass is 10.2. The number of benzene rings is 1. The van der Waals surface area contributed by atoms with Gasteiger partial charge in [-0.25, -0.2) is 4.98 Å². The summed E-state index contributed by atoms with van der Waals surface area (Å²) in [6.07, 6.45) is 0. The van der Waals surface area contributed by atoms with Gasteiger partial charge in [-0.3, -0.25) is 4.79 Å². The average molecular weight is 302 g/mol. The minimum absolute atomic E-state index is 0.215. The van der Waals surface area contributed by atoms with Crippen LogP contribution in [0.4, 0.5) is 5.69 Å². The first-order chi connectivity index (χ1) is 10.2. The number of aromatic nitrogens is 1. The number of methoxy groups -OCH3 is 1. The van der Waals surface area contributed by atoms with Gasteiger partial charge in [-0.05, 0) is 25.1 Å². The molecule has 1 heterocycles. The fourth-order valence-corrected chi connectivity index (χ4v) is 2.42. The maximum absolute atomic E-state index is 12.2. The molecule has 1 amide bonds. The van der Waals surface area contributed by atoms with Gasteiger partial charge in [-0.2, -0.15) is 0 Å². The zero-order chi connectivity index (χ0) is 15.2. The van der Waals surface area contributed by atoms with Crippen LogP contribution in [0.5, 0.6) is 5.75 Å². The Balaban J connectivity index is 2.29. The van der Waals surface area contributed by atoms with Crippen molar-refractivity contribution in [3.8, 4) is 17.6 Å². The van der Waals surface area contributed by atoms with Gasteiger partial charge in [0, 0.05) is 5.56 Å². The number of aryl methyl sites for hydroxylation is 1. The predicted octanol–water partition coefficient (Wildman–Crippen LogP) is 2.06. The van der Waals surface area contributed by atoms with Crippen LogP contribution in [0.3, 0.4) is 0 Å². The van der Waals surface area contributed by atoms with Gasteiger partial charge >= 0.3 is 0 Å². The van der Waals surface area contributed by atoms with Crippen LogP contribution < -0.4 is 10.1 Å². The Kier molecular flexibility index (Phi) is 4.93. The molecule has 0 saturated carbocycles. The number of ether oxygens (including phenoxy) is 1. The molecule has 0 bridgehead atoms. The summed E-state index contributed by atoms with van der Waals surface area (Å²) in [6, 6.07) is 5.18. The van der Waals surface area contributed by atoms with Crippen LogP contribution in [-0.4, -0.2) is 29.7 Å². The summed E-state index contributed by atoms with van der Waals surface area (Å²) in [6.45, 7) is 1.57. The number of rotatable bonds is 3. The van der Waals surface area contributed by atoms with Gasteiger partial charge in [0.2, 0.25) is 0 Å². The first-order valence-corrected chi connectivity index (χ1v) is 7.03. The quantitative estimate of drug-likeness (QED) is 0.851. The van der Waals surface area contributed by atoms with Crippen molar-refractivity contribution in [1.82, 2.24) is 4.98 Å². The van der Waals surface area contributed by atoms with E-state index in [1.165, 1.54) is 18.4 Å². The van der Waals surface area contributed by atoms with Crippen LogP contribution in [0, 0.1) is 18.8 Å². The Hall–Kier alpha value is -2.36. The van der Waals surface area contributed by atoms with Crippen molar-refractivity contribution in [2.24, 2.45) is 0 Å². The second-order valence-electron chi connectivity index (χ2n) is 4.10. The fourth-order valence-electron chi connectivity index (χ4n) is 1.72. The molecule has 5 nitrogen and oxygen atoms in total. The van der Waals surface area contributed by atoms with Crippen molar-refractivity contribution in [3.63, 3.8) is 0 Å². The van der Waals surface area contributed by atoms with Gasteiger partial charge in [0.15, 0.2) is 0 Å². The molecule has 0 radical (unpaired) electrons. The molecule has 0 fully saturated rings. The number of anilines is 1. The molecular formula is C15H14N2O3S. The average Bonchev–Trinajstić information content (AvgIpc) is 2.91. The summed E-state index contributed by atoms with van der Waals surface area (Å²) in [5.41, 5.74) is 3.53. The number of carbonyl (C=O) groups is 1. The SMILES string of the molecule is COc1ccc(C#CCO)cc1NC(=O)c1scnc1C. The van der Waals surface area contributed by atoms with Gasteiger partial charge < -0.3 is 15.2 Å². The normalized spacial score (nSPS) is 9.67. The number of nitrogens with one attached hydrogen (secondary N) is 1. The maximum Gasteiger partial charge on any atom is 0.267 e. The first-order valence-electron chi connectivity index (χ1n) is 6.15. The number of nitrogens with zero attached hydrogens (tertiary/aromatic N) is 1. The zero-order valence-electron chi connectivity index (χ0n) is 11.6. The van der Waals surface area contributed by atoms with E-state index in [-0.39, 0.29) is 12.5 Å². The lowest BCUT2D eigenvalue weighted by molar-refractivity contribution is 0.102.